The van der Waals surface area contributed by atoms with Gasteiger partial charge in [0.15, 0.2) is 11.5 Å². The van der Waals surface area contributed by atoms with Gasteiger partial charge in [0.2, 0.25) is 0 Å². The molecule has 3 heterocycles. The topological polar surface area (TPSA) is 64.2 Å². The number of carbonyl (C=O) groups is 1. The van der Waals surface area contributed by atoms with E-state index in [1.807, 2.05) is 49.0 Å². The molecule has 0 spiro atoms. The highest BCUT2D eigenvalue weighted by Gasteiger charge is 2.18. The lowest BCUT2D eigenvalue weighted by molar-refractivity contribution is 0.0930. The van der Waals surface area contributed by atoms with Gasteiger partial charge >= 0.3 is 0 Å². The van der Waals surface area contributed by atoms with Crippen LogP contribution in [0.15, 0.2) is 41.1 Å². The predicted molar refractivity (Wildman–Crippen MR) is 82.0 cm³/mol. The van der Waals surface area contributed by atoms with Gasteiger partial charge in [-0.1, -0.05) is 6.07 Å². The number of aryl methyl sites for hydroxylation is 1. The van der Waals surface area contributed by atoms with Crippen molar-refractivity contribution in [2.75, 3.05) is 0 Å². The number of nitrogens with zero attached hydrogens (tertiary/aromatic N) is 4. The molecule has 1 amide bonds. The summed E-state index contributed by atoms with van der Waals surface area (Å²) < 4.78 is 4.51. The monoisotopic (exact) mass is 347 g/mol. The molecule has 0 aliphatic rings. The maximum absolute atomic E-state index is 12.3. The van der Waals surface area contributed by atoms with Crippen LogP contribution in [-0.2, 0) is 7.05 Å². The van der Waals surface area contributed by atoms with Crippen LogP contribution in [0, 0.1) is 0 Å². The molecule has 21 heavy (non-hydrogen) atoms. The summed E-state index contributed by atoms with van der Waals surface area (Å²) in [5.41, 5.74) is 1.35. The lowest BCUT2D eigenvalue weighted by Crippen LogP contribution is -2.29. The van der Waals surface area contributed by atoms with Crippen molar-refractivity contribution in [2.24, 2.45) is 7.05 Å². The summed E-state index contributed by atoms with van der Waals surface area (Å²) in [4.78, 5) is 12.3. The second-order valence-corrected chi connectivity index (χ2v) is 5.75. The zero-order valence-corrected chi connectivity index (χ0v) is 13.2. The van der Waals surface area contributed by atoms with E-state index in [9.17, 15) is 4.79 Å². The van der Waals surface area contributed by atoms with Crippen LogP contribution >= 0.6 is 15.9 Å². The molecule has 0 fully saturated rings. The number of hydrogen-bond acceptors (Lipinski definition) is 3. The minimum Gasteiger partial charge on any atom is -0.345 e. The van der Waals surface area contributed by atoms with E-state index < -0.39 is 0 Å². The molecule has 108 valence electrons. The second kappa shape index (κ2) is 5.33. The largest absolute Gasteiger partial charge is 0.345 e. The number of nitrogens with one attached hydrogen (secondary N) is 1. The number of amides is 1. The summed E-state index contributed by atoms with van der Waals surface area (Å²) in [6.07, 6.45) is 3.72. The Labute approximate surface area is 129 Å². The first-order chi connectivity index (χ1) is 10.1. The fraction of sp³-hybridized carbons (Fsp3) is 0.214. The van der Waals surface area contributed by atoms with Crippen LogP contribution in [0.2, 0.25) is 0 Å². The summed E-state index contributed by atoms with van der Waals surface area (Å²) in [6, 6.07) is 7.22. The van der Waals surface area contributed by atoms with E-state index in [4.69, 9.17) is 0 Å². The number of halogens is 1. The first kappa shape index (κ1) is 13.8. The third kappa shape index (κ3) is 2.56. The van der Waals surface area contributed by atoms with Crippen molar-refractivity contribution in [1.29, 1.82) is 0 Å². The SMILES string of the molecule is CC(NC(=O)c1cc(Br)cn1C)c1nnc2ccccn12. The Bertz CT molecular complexity index is 807. The average Bonchev–Trinajstić information content (AvgIpc) is 3.01. The van der Waals surface area contributed by atoms with Gasteiger partial charge in [0.25, 0.3) is 5.91 Å². The Morgan fingerprint density at radius 2 is 2.19 bits per heavy atom. The minimum absolute atomic E-state index is 0.150. The van der Waals surface area contributed by atoms with Gasteiger partial charge in [-0.25, -0.2) is 0 Å². The van der Waals surface area contributed by atoms with Crippen molar-refractivity contribution in [1.82, 2.24) is 24.5 Å². The molecule has 1 unspecified atom stereocenters. The number of hydrogen-bond donors (Lipinski definition) is 1. The predicted octanol–water partition coefficient (Wildman–Crippen LogP) is 2.32. The molecule has 0 saturated heterocycles. The van der Waals surface area contributed by atoms with Gasteiger partial charge in [0, 0.05) is 23.9 Å². The van der Waals surface area contributed by atoms with Gasteiger partial charge < -0.3 is 9.88 Å². The Hall–Kier alpha value is -2.15. The van der Waals surface area contributed by atoms with Gasteiger partial charge in [0.05, 0.1) is 6.04 Å². The summed E-state index contributed by atoms with van der Waals surface area (Å²) in [5.74, 6) is 0.551. The molecule has 7 heteroatoms. The molecule has 3 aromatic rings. The van der Waals surface area contributed by atoms with Crippen molar-refractivity contribution < 1.29 is 4.79 Å². The lowest BCUT2D eigenvalue weighted by Gasteiger charge is -2.12. The third-order valence-corrected chi connectivity index (χ3v) is 3.71. The van der Waals surface area contributed by atoms with Gasteiger partial charge in [-0.3, -0.25) is 9.20 Å². The van der Waals surface area contributed by atoms with Crippen molar-refractivity contribution >= 4 is 27.5 Å². The number of rotatable bonds is 3. The van der Waals surface area contributed by atoms with Crippen LogP contribution in [-0.4, -0.2) is 25.1 Å². The fourth-order valence-electron chi connectivity index (χ4n) is 2.24. The van der Waals surface area contributed by atoms with Crippen LogP contribution in [0.5, 0.6) is 0 Å². The van der Waals surface area contributed by atoms with E-state index in [-0.39, 0.29) is 11.9 Å². The molecule has 3 rings (SSSR count). The maximum atomic E-state index is 12.3. The molecule has 0 bridgehead atoms. The van der Waals surface area contributed by atoms with Crippen LogP contribution in [0.4, 0.5) is 0 Å². The number of pyridine rings is 1. The van der Waals surface area contributed by atoms with E-state index in [2.05, 4.69) is 31.4 Å². The zero-order chi connectivity index (χ0) is 15.0. The van der Waals surface area contributed by atoms with Crippen LogP contribution in [0.1, 0.15) is 29.3 Å². The summed E-state index contributed by atoms with van der Waals surface area (Å²) in [7, 11) is 1.83. The van der Waals surface area contributed by atoms with Crippen molar-refractivity contribution in [2.45, 2.75) is 13.0 Å². The van der Waals surface area contributed by atoms with Crippen LogP contribution < -0.4 is 5.32 Å². The Balaban J connectivity index is 1.84. The van der Waals surface area contributed by atoms with E-state index >= 15 is 0 Å². The standard InChI is InChI=1S/C14H14BrN5O/c1-9(13-18-17-12-5-3-4-6-20(12)13)16-14(21)11-7-10(15)8-19(11)2/h3-9H,1-2H3,(H,16,21). The van der Waals surface area contributed by atoms with Gasteiger partial charge in [-0.05, 0) is 41.1 Å². The minimum atomic E-state index is -0.247. The van der Waals surface area contributed by atoms with Crippen molar-refractivity contribution in [3.63, 3.8) is 0 Å². The molecule has 0 aliphatic carbocycles. The first-order valence-electron chi connectivity index (χ1n) is 6.48. The number of carbonyl (C=O) groups excluding carboxylic acids is 1. The molecule has 0 radical (unpaired) electrons. The van der Waals surface area contributed by atoms with Crippen molar-refractivity contribution in [3.05, 3.63) is 52.7 Å². The number of fused-ring (bicyclic) bond motifs is 1. The van der Waals surface area contributed by atoms with E-state index in [0.29, 0.717) is 11.5 Å². The third-order valence-electron chi connectivity index (χ3n) is 3.28. The Morgan fingerprint density at radius 3 is 2.90 bits per heavy atom. The highest BCUT2D eigenvalue weighted by atomic mass is 79.9. The Kier molecular flexibility index (Phi) is 3.50. The Morgan fingerprint density at radius 1 is 1.38 bits per heavy atom. The van der Waals surface area contributed by atoms with Gasteiger partial charge in [0.1, 0.15) is 5.69 Å². The molecule has 0 aliphatic heterocycles. The molecule has 0 aromatic carbocycles. The van der Waals surface area contributed by atoms with Gasteiger partial charge in [-0.2, -0.15) is 0 Å². The fourth-order valence-corrected chi connectivity index (χ4v) is 2.76. The molecule has 1 N–H and O–H groups in total. The smallest absolute Gasteiger partial charge is 0.268 e. The molecular formula is C14H14BrN5O. The molecule has 0 saturated carbocycles. The molecule has 3 aromatic heterocycles. The quantitative estimate of drug-likeness (QED) is 0.790. The molecule has 6 nitrogen and oxygen atoms in total. The summed E-state index contributed by atoms with van der Waals surface area (Å²) in [6.45, 7) is 1.89. The second-order valence-electron chi connectivity index (χ2n) is 4.84. The lowest BCUT2D eigenvalue weighted by atomic mass is 10.3. The summed E-state index contributed by atoms with van der Waals surface area (Å²) in [5, 5.41) is 11.2. The molecular weight excluding hydrogens is 334 g/mol. The normalized spacial score (nSPS) is 12.5. The van der Waals surface area contributed by atoms with E-state index in [0.717, 1.165) is 10.1 Å². The van der Waals surface area contributed by atoms with Gasteiger partial charge in [-0.15, -0.1) is 10.2 Å². The average molecular weight is 348 g/mol. The maximum Gasteiger partial charge on any atom is 0.268 e. The van der Waals surface area contributed by atoms with Crippen molar-refractivity contribution in [3.8, 4) is 0 Å². The highest BCUT2D eigenvalue weighted by Crippen LogP contribution is 2.16. The van der Waals surface area contributed by atoms with E-state index in [1.165, 1.54) is 0 Å². The highest BCUT2D eigenvalue weighted by molar-refractivity contribution is 9.10. The van der Waals surface area contributed by atoms with Crippen LogP contribution in [0.25, 0.3) is 5.65 Å². The van der Waals surface area contributed by atoms with E-state index in [1.54, 1.807) is 10.6 Å². The van der Waals surface area contributed by atoms with Crippen LogP contribution in [0.3, 0.4) is 0 Å². The number of aromatic nitrogens is 4. The zero-order valence-electron chi connectivity index (χ0n) is 11.6. The first-order valence-corrected chi connectivity index (χ1v) is 7.28. The molecule has 1 atom stereocenters. The summed E-state index contributed by atoms with van der Waals surface area (Å²) >= 11 is 3.36.